The van der Waals surface area contributed by atoms with E-state index in [4.69, 9.17) is 14.5 Å². The number of nitrogens with one attached hydrogen (secondary N) is 1. The van der Waals surface area contributed by atoms with E-state index in [9.17, 15) is 9.59 Å². The SMILES string of the molecule is CC(Sc1nc2ccccc2c(=O)n1CCN(C(C)C)C(C)C)C(=O)Nc1ccc2c(c1)OCO2. The average Bonchev–Trinajstić information content (AvgIpc) is 3.28. The van der Waals surface area contributed by atoms with Gasteiger partial charge in [-0.1, -0.05) is 23.9 Å². The number of carbonyl (C=O) groups excluding carboxylic acids is 1. The highest BCUT2D eigenvalue weighted by Crippen LogP contribution is 2.34. The van der Waals surface area contributed by atoms with E-state index in [1.165, 1.54) is 11.8 Å². The second-order valence-electron chi connectivity index (χ2n) is 9.11. The van der Waals surface area contributed by atoms with E-state index in [1.807, 2.05) is 25.1 Å². The van der Waals surface area contributed by atoms with E-state index in [1.54, 1.807) is 28.8 Å². The van der Waals surface area contributed by atoms with Gasteiger partial charge in [-0.3, -0.25) is 19.1 Å². The molecule has 35 heavy (non-hydrogen) atoms. The molecule has 3 aromatic rings. The van der Waals surface area contributed by atoms with Gasteiger partial charge in [-0.2, -0.15) is 0 Å². The minimum Gasteiger partial charge on any atom is -0.454 e. The lowest BCUT2D eigenvalue weighted by atomic mass is 10.2. The molecule has 0 bridgehead atoms. The molecule has 0 spiro atoms. The number of fused-ring (bicyclic) bond motifs is 2. The zero-order valence-electron chi connectivity index (χ0n) is 20.8. The van der Waals surface area contributed by atoms with Gasteiger partial charge in [-0.05, 0) is 58.9 Å². The maximum absolute atomic E-state index is 13.4. The molecule has 0 fully saturated rings. The fourth-order valence-electron chi connectivity index (χ4n) is 4.19. The highest BCUT2D eigenvalue weighted by atomic mass is 32.2. The molecular weight excluding hydrogens is 464 g/mol. The lowest BCUT2D eigenvalue weighted by molar-refractivity contribution is -0.115. The Morgan fingerprint density at radius 3 is 2.54 bits per heavy atom. The van der Waals surface area contributed by atoms with Crippen molar-refractivity contribution in [2.45, 2.75) is 63.7 Å². The molecule has 1 N–H and O–H groups in total. The Labute approximate surface area is 209 Å². The molecule has 0 aliphatic carbocycles. The fourth-order valence-corrected chi connectivity index (χ4v) is 5.13. The molecule has 1 aromatic heterocycles. The van der Waals surface area contributed by atoms with Crippen molar-refractivity contribution < 1.29 is 14.3 Å². The molecule has 2 aromatic carbocycles. The fraction of sp³-hybridized carbons (Fsp3) is 0.423. The van der Waals surface area contributed by atoms with E-state index < -0.39 is 5.25 Å². The molecule has 186 valence electrons. The highest BCUT2D eigenvalue weighted by Gasteiger charge is 2.22. The number of para-hydroxylation sites is 1. The first-order valence-electron chi connectivity index (χ1n) is 11.9. The van der Waals surface area contributed by atoms with Gasteiger partial charge in [-0.25, -0.2) is 4.98 Å². The summed E-state index contributed by atoms with van der Waals surface area (Å²) >= 11 is 1.29. The van der Waals surface area contributed by atoms with Crippen LogP contribution < -0.4 is 20.3 Å². The number of nitrogens with zero attached hydrogens (tertiary/aromatic N) is 3. The number of thioether (sulfide) groups is 1. The van der Waals surface area contributed by atoms with Crippen molar-refractivity contribution in [3.05, 3.63) is 52.8 Å². The van der Waals surface area contributed by atoms with Crippen molar-refractivity contribution in [2.24, 2.45) is 0 Å². The summed E-state index contributed by atoms with van der Waals surface area (Å²) < 4.78 is 12.4. The number of aromatic nitrogens is 2. The molecular formula is C26H32N4O4S. The number of anilines is 1. The maximum Gasteiger partial charge on any atom is 0.262 e. The van der Waals surface area contributed by atoms with Crippen LogP contribution >= 0.6 is 11.8 Å². The average molecular weight is 497 g/mol. The molecule has 1 atom stereocenters. The monoisotopic (exact) mass is 496 g/mol. The smallest absolute Gasteiger partial charge is 0.262 e. The van der Waals surface area contributed by atoms with Crippen LogP contribution in [-0.4, -0.2) is 51.0 Å². The van der Waals surface area contributed by atoms with Gasteiger partial charge in [0.25, 0.3) is 5.56 Å². The predicted molar refractivity (Wildman–Crippen MR) is 139 cm³/mol. The van der Waals surface area contributed by atoms with Gasteiger partial charge in [0.05, 0.1) is 16.2 Å². The van der Waals surface area contributed by atoms with Crippen molar-refractivity contribution in [1.82, 2.24) is 14.5 Å². The molecule has 0 radical (unpaired) electrons. The zero-order valence-corrected chi connectivity index (χ0v) is 21.6. The van der Waals surface area contributed by atoms with E-state index in [0.717, 1.165) is 0 Å². The number of amides is 1. The second kappa shape index (κ2) is 10.7. The number of rotatable bonds is 9. The van der Waals surface area contributed by atoms with Crippen LogP contribution in [0.2, 0.25) is 0 Å². The van der Waals surface area contributed by atoms with Crippen molar-refractivity contribution in [3.8, 4) is 11.5 Å². The first-order chi connectivity index (χ1) is 16.7. The van der Waals surface area contributed by atoms with Crippen LogP contribution in [0.5, 0.6) is 11.5 Å². The zero-order chi connectivity index (χ0) is 25.1. The van der Waals surface area contributed by atoms with Crippen LogP contribution in [0.1, 0.15) is 34.6 Å². The first kappa shape index (κ1) is 25.1. The van der Waals surface area contributed by atoms with Crippen molar-refractivity contribution in [2.75, 3.05) is 18.7 Å². The molecule has 8 nitrogen and oxygen atoms in total. The Bertz CT molecular complexity index is 1270. The third-order valence-electron chi connectivity index (χ3n) is 6.03. The summed E-state index contributed by atoms with van der Waals surface area (Å²) in [7, 11) is 0. The van der Waals surface area contributed by atoms with E-state index in [0.29, 0.717) is 58.4 Å². The molecule has 4 rings (SSSR count). The number of benzene rings is 2. The normalized spacial score (nSPS) is 13.7. The predicted octanol–water partition coefficient (Wildman–Crippen LogP) is 4.36. The first-order valence-corrected chi connectivity index (χ1v) is 12.7. The quantitative estimate of drug-likeness (QED) is 0.348. The molecule has 0 saturated carbocycles. The van der Waals surface area contributed by atoms with Crippen LogP contribution in [0, 0.1) is 0 Å². The number of ether oxygens (including phenoxy) is 2. The summed E-state index contributed by atoms with van der Waals surface area (Å²) in [6, 6.07) is 13.3. The molecule has 1 aliphatic heterocycles. The van der Waals surface area contributed by atoms with Gasteiger partial charge in [0.1, 0.15) is 0 Å². The standard InChI is InChI=1S/C26H32N4O4S/c1-16(2)29(17(3)4)12-13-30-25(32)20-8-6-7-9-21(20)28-26(30)35-18(5)24(31)27-19-10-11-22-23(14-19)34-15-33-22/h6-11,14,16-18H,12-13,15H2,1-5H3,(H,27,31). The van der Waals surface area contributed by atoms with Gasteiger partial charge in [0.2, 0.25) is 12.7 Å². The third kappa shape index (κ3) is 5.62. The summed E-state index contributed by atoms with van der Waals surface area (Å²) in [5, 5.41) is 3.56. The Balaban J connectivity index is 1.57. The van der Waals surface area contributed by atoms with Gasteiger partial charge in [0, 0.05) is 36.9 Å². The molecule has 1 amide bonds. The lowest BCUT2D eigenvalue weighted by Crippen LogP contribution is -2.40. The van der Waals surface area contributed by atoms with Crippen LogP contribution in [0.25, 0.3) is 10.9 Å². The largest absolute Gasteiger partial charge is 0.454 e. The topological polar surface area (TPSA) is 85.7 Å². The molecule has 9 heteroatoms. The van der Waals surface area contributed by atoms with Gasteiger partial charge in [0.15, 0.2) is 16.7 Å². The van der Waals surface area contributed by atoms with Crippen LogP contribution in [0.3, 0.4) is 0 Å². The van der Waals surface area contributed by atoms with Crippen LogP contribution in [0.15, 0.2) is 52.4 Å². The van der Waals surface area contributed by atoms with Crippen LogP contribution in [0.4, 0.5) is 5.69 Å². The summed E-state index contributed by atoms with van der Waals surface area (Å²) in [5.41, 5.74) is 1.17. The summed E-state index contributed by atoms with van der Waals surface area (Å²) in [5.74, 6) is 1.08. The molecule has 0 saturated heterocycles. The van der Waals surface area contributed by atoms with Crippen molar-refractivity contribution in [3.63, 3.8) is 0 Å². The number of hydrogen-bond donors (Lipinski definition) is 1. The van der Waals surface area contributed by atoms with E-state index in [-0.39, 0.29) is 18.3 Å². The molecule has 1 aliphatic rings. The number of hydrogen-bond acceptors (Lipinski definition) is 7. The Kier molecular flexibility index (Phi) is 7.66. The minimum atomic E-state index is -0.481. The third-order valence-corrected chi connectivity index (χ3v) is 7.12. The summed E-state index contributed by atoms with van der Waals surface area (Å²) in [6.07, 6.45) is 0. The van der Waals surface area contributed by atoms with E-state index >= 15 is 0 Å². The van der Waals surface area contributed by atoms with Crippen molar-refractivity contribution >= 4 is 34.3 Å². The Morgan fingerprint density at radius 1 is 1.09 bits per heavy atom. The van der Waals surface area contributed by atoms with Gasteiger partial charge in [-0.15, -0.1) is 0 Å². The highest BCUT2D eigenvalue weighted by molar-refractivity contribution is 8.00. The lowest BCUT2D eigenvalue weighted by Gasteiger charge is -2.31. The molecule has 1 unspecified atom stereocenters. The van der Waals surface area contributed by atoms with Crippen LogP contribution in [-0.2, 0) is 11.3 Å². The van der Waals surface area contributed by atoms with Crippen molar-refractivity contribution in [1.29, 1.82) is 0 Å². The van der Waals surface area contributed by atoms with E-state index in [2.05, 4.69) is 37.9 Å². The maximum atomic E-state index is 13.4. The second-order valence-corrected chi connectivity index (χ2v) is 10.4. The minimum absolute atomic E-state index is 0.0889. The van der Waals surface area contributed by atoms with Gasteiger partial charge >= 0.3 is 0 Å². The summed E-state index contributed by atoms with van der Waals surface area (Å²) in [6.45, 7) is 11.8. The summed E-state index contributed by atoms with van der Waals surface area (Å²) in [4.78, 5) is 33.5. The molecule has 2 heterocycles. The van der Waals surface area contributed by atoms with Gasteiger partial charge < -0.3 is 14.8 Å². The Morgan fingerprint density at radius 2 is 1.80 bits per heavy atom. The Hall–Kier alpha value is -3.04. The number of carbonyl (C=O) groups is 1.